The number of carbonyl (C=O) groups excluding carboxylic acids is 1. The Kier molecular flexibility index (Phi) is 4.34. The molecule has 2 amide bonds. The molecule has 2 aromatic rings. The third-order valence-electron chi connectivity index (χ3n) is 3.16. The van der Waals surface area contributed by atoms with Gasteiger partial charge < -0.3 is 20.1 Å². The number of nitrogens with one attached hydrogen (secondary N) is 2. The first-order valence-electron chi connectivity index (χ1n) is 6.89. The summed E-state index contributed by atoms with van der Waals surface area (Å²) in [5.74, 6) is 1.42. The number of urea groups is 1. The number of ether oxygens (including phenoxy) is 2. The first kappa shape index (κ1) is 14.5. The number of hydrogen-bond acceptors (Lipinski definition) is 3. The molecule has 22 heavy (non-hydrogen) atoms. The lowest BCUT2D eigenvalue weighted by Gasteiger charge is -2.26. The Morgan fingerprint density at radius 1 is 1.14 bits per heavy atom. The molecule has 0 radical (unpaired) electrons. The maximum absolute atomic E-state index is 11.8. The van der Waals surface area contributed by atoms with E-state index >= 15 is 0 Å². The summed E-state index contributed by atoms with van der Waals surface area (Å²) < 4.78 is 11.4. The minimum Gasteiger partial charge on any atom is -0.486 e. The van der Waals surface area contributed by atoms with E-state index in [9.17, 15) is 4.79 Å². The summed E-state index contributed by atoms with van der Waals surface area (Å²) in [6.07, 6.45) is -0.217. The topological polar surface area (TPSA) is 59.6 Å². The van der Waals surface area contributed by atoms with Crippen LogP contribution in [0.1, 0.15) is 0 Å². The molecule has 0 bridgehead atoms. The number of rotatable bonds is 3. The van der Waals surface area contributed by atoms with Crippen LogP contribution in [0.25, 0.3) is 0 Å². The molecule has 0 saturated carbocycles. The van der Waals surface area contributed by atoms with Crippen LogP contribution in [0.3, 0.4) is 0 Å². The summed E-state index contributed by atoms with van der Waals surface area (Å²) in [5.41, 5.74) is 0.674. The number of carbonyl (C=O) groups is 1. The summed E-state index contributed by atoms with van der Waals surface area (Å²) in [6.45, 7) is 0.756. The highest BCUT2D eigenvalue weighted by atomic mass is 35.5. The van der Waals surface area contributed by atoms with Gasteiger partial charge in [-0.3, -0.25) is 0 Å². The number of amides is 2. The molecule has 2 aromatic carbocycles. The molecule has 6 heteroatoms. The predicted octanol–water partition coefficient (Wildman–Crippen LogP) is 3.30. The molecule has 0 saturated heterocycles. The molecule has 2 N–H and O–H groups in total. The second kappa shape index (κ2) is 6.58. The molecule has 1 heterocycles. The van der Waals surface area contributed by atoms with Crippen molar-refractivity contribution in [1.82, 2.24) is 5.32 Å². The molecular formula is C16H15ClN2O3. The van der Waals surface area contributed by atoms with E-state index in [4.69, 9.17) is 21.1 Å². The summed E-state index contributed by atoms with van der Waals surface area (Å²) in [5, 5.41) is 6.10. The third kappa shape index (κ3) is 3.62. The van der Waals surface area contributed by atoms with Gasteiger partial charge in [0, 0.05) is 10.7 Å². The first-order valence-corrected chi connectivity index (χ1v) is 7.27. The lowest BCUT2D eigenvalue weighted by Crippen LogP contribution is -2.42. The van der Waals surface area contributed by atoms with Gasteiger partial charge in [-0.2, -0.15) is 0 Å². The van der Waals surface area contributed by atoms with Gasteiger partial charge in [-0.25, -0.2) is 4.79 Å². The van der Waals surface area contributed by atoms with Gasteiger partial charge in [0.15, 0.2) is 17.6 Å². The van der Waals surface area contributed by atoms with E-state index in [0.29, 0.717) is 29.6 Å². The van der Waals surface area contributed by atoms with Gasteiger partial charge in [-0.15, -0.1) is 0 Å². The standard InChI is InChI=1S/C16H15ClN2O3/c17-11-5-7-12(8-6-11)19-16(20)18-9-13-10-21-14-3-1-2-4-15(14)22-13/h1-8,13H,9-10H2,(H2,18,19,20)/t13-/m1/s1. The Morgan fingerprint density at radius 2 is 1.86 bits per heavy atom. The summed E-state index contributed by atoms with van der Waals surface area (Å²) in [7, 11) is 0. The van der Waals surface area contributed by atoms with Gasteiger partial charge in [0.2, 0.25) is 0 Å². The minimum atomic E-state index is -0.301. The lowest BCUT2D eigenvalue weighted by atomic mass is 10.2. The molecule has 0 fully saturated rings. The molecular weight excluding hydrogens is 304 g/mol. The van der Waals surface area contributed by atoms with Crippen LogP contribution in [0, 0.1) is 0 Å². The van der Waals surface area contributed by atoms with Crippen molar-refractivity contribution in [3.8, 4) is 11.5 Å². The van der Waals surface area contributed by atoms with Crippen molar-refractivity contribution in [2.24, 2.45) is 0 Å². The maximum Gasteiger partial charge on any atom is 0.319 e. The second-order valence-electron chi connectivity index (χ2n) is 4.84. The van der Waals surface area contributed by atoms with Crippen molar-refractivity contribution in [3.63, 3.8) is 0 Å². The lowest BCUT2D eigenvalue weighted by molar-refractivity contribution is 0.0922. The molecule has 1 aliphatic rings. The van der Waals surface area contributed by atoms with E-state index in [0.717, 1.165) is 5.75 Å². The predicted molar refractivity (Wildman–Crippen MR) is 84.8 cm³/mol. The Morgan fingerprint density at radius 3 is 2.64 bits per heavy atom. The van der Waals surface area contributed by atoms with Crippen LogP contribution in [-0.2, 0) is 0 Å². The molecule has 5 nitrogen and oxygen atoms in total. The number of halogens is 1. The normalized spacial score (nSPS) is 16.0. The minimum absolute atomic E-state index is 0.217. The Bertz CT molecular complexity index is 661. The van der Waals surface area contributed by atoms with Crippen molar-refractivity contribution in [2.45, 2.75) is 6.10 Å². The average Bonchev–Trinajstić information content (AvgIpc) is 2.55. The largest absolute Gasteiger partial charge is 0.486 e. The third-order valence-corrected chi connectivity index (χ3v) is 3.41. The molecule has 114 valence electrons. The second-order valence-corrected chi connectivity index (χ2v) is 5.28. The van der Waals surface area contributed by atoms with Gasteiger partial charge in [0.05, 0.1) is 6.54 Å². The van der Waals surface area contributed by atoms with Crippen molar-refractivity contribution in [2.75, 3.05) is 18.5 Å². The molecule has 1 aliphatic heterocycles. The summed E-state index contributed by atoms with van der Waals surface area (Å²) in [6, 6.07) is 14.1. The van der Waals surface area contributed by atoms with E-state index in [1.807, 2.05) is 24.3 Å². The highest BCUT2D eigenvalue weighted by molar-refractivity contribution is 6.30. The van der Waals surface area contributed by atoms with E-state index in [2.05, 4.69) is 10.6 Å². The van der Waals surface area contributed by atoms with Crippen LogP contribution in [-0.4, -0.2) is 25.3 Å². The summed E-state index contributed by atoms with van der Waals surface area (Å²) in [4.78, 5) is 11.8. The maximum atomic E-state index is 11.8. The number of para-hydroxylation sites is 2. The van der Waals surface area contributed by atoms with E-state index < -0.39 is 0 Å². The fourth-order valence-corrected chi connectivity index (χ4v) is 2.20. The average molecular weight is 319 g/mol. The highest BCUT2D eigenvalue weighted by Crippen LogP contribution is 2.30. The van der Waals surface area contributed by atoms with Crippen LogP contribution in [0.2, 0.25) is 5.02 Å². The van der Waals surface area contributed by atoms with Gasteiger partial charge in [-0.1, -0.05) is 23.7 Å². The fourth-order valence-electron chi connectivity index (χ4n) is 2.08. The number of benzene rings is 2. The molecule has 0 aliphatic carbocycles. The van der Waals surface area contributed by atoms with Gasteiger partial charge >= 0.3 is 6.03 Å². The van der Waals surface area contributed by atoms with Crippen LogP contribution < -0.4 is 20.1 Å². The van der Waals surface area contributed by atoms with Gasteiger partial charge in [0.25, 0.3) is 0 Å². The molecule has 0 aromatic heterocycles. The van der Waals surface area contributed by atoms with Crippen LogP contribution in [0.5, 0.6) is 11.5 Å². The first-order chi connectivity index (χ1) is 10.7. The van der Waals surface area contributed by atoms with Crippen LogP contribution in [0.4, 0.5) is 10.5 Å². The number of fused-ring (bicyclic) bond motifs is 1. The smallest absolute Gasteiger partial charge is 0.319 e. The van der Waals surface area contributed by atoms with E-state index in [1.54, 1.807) is 24.3 Å². The Hall–Kier alpha value is -2.40. The molecule has 1 atom stereocenters. The Balaban J connectivity index is 1.49. The van der Waals surface area contributed by atoms with Crippen molar-refractivity contribution < 1.29 is 14.3 Å². The Labute approximate surface area is 133 Å². The number of anilines is 1. The van der Waals surface area contributed by atoms with E-state index in [-0.39, 0.29) is 12.1 Å². The fraction of sp³-hybridized carbons (Fsp3) is 0.188. The zero-order valence-electron chi connectivity index (χ0n) is 11.7. The zero-order valence-corrected chi connectivity index (χ0v) is 12.5. The summed E-state index contributed by atoms with van der Waals surface area (Å²) >= 11 is 5.79. The van der Waals surface area contributed by atoms with Crippen molar-refractivity contribution in [3.05, 3.63) is 53.6 Å². The van der Waals surface area contributed by atoms with Gasteiger partial charge in [0.1, 0.15) is 6.61 Å². The molecule has 0 spiro atoms. The SMILES string of the molecule is O=C(NC[C@@H]1COc2ccccc2O1)Nc1ccc(Cl)cc1. The monoisotopic (exact) mass is 318 g/mol. The van der Waals surface area contributed by atoms with Crippen molar-refractivity contribution >= 4 is 23.3 Å². The van der Waals surface area contributed by atoms with E-state index in [1.165, 1.54) is 0 Å². The quantitative estimate of drug-likeness (QED) is 0.913. The van der Waals surface area contributed by atoms with Gasteiger partial charge in [-0.05, 0) is 36.4 Å². The molecule has 0 unspecified atom stereocenters. The van der Waals surface area contributed by atoms with Crippen molar-refractivity contribution in [1.29, 1.82) is 0 Å². The molecule has 3 rings (SSSR count). The zero-order chi connectivity index (χ0) is 15.4. The van der Waals surface area contributed by atoms with Crippen LogP contribution >= 0.6 is 11.6 Å². The van der Waals surface area contributed by atoms with Crippen LogP contribution in [0.15, 0.2) is 48.5 Å². The number of hydrogen-bond donors (Lipinski definition) is 2. The highest BCUT2D eigenvalue weighted by Gasteiger charge is 2.20.